The first-order chi connectivity index (χ1) is 10.0. The number of aryl methyl sites for hydroxylation is 1. The van der Waals surface area contributed by atoms with Crippen LogP contribution in [0.25, 0.3) is 0 Å². The zero-order chi connectivity index (χ0) is 15.4. The summed E-state index contributed by atoms with van der Waals surface area (Å²) in [6.45, 7) is 8.51. The number of nitrogens with zero attached hydrogens (tertiary/aromatic N) is 1. The van der Waals surface area contributed by atoms with Crippen LogP contribution in [-0.2, 0) is 0 Å². The molecular formula is C18H24N2O. The average molecular weight is 284 g/mol. The van der Waals surface area contributed by atoms with E-state index in [0.29, 0.717) is 18.4 Å². The smallest absolute Gasteiger partial charge is 0.253 e. The van der Waals surface area contributed by atoms with Crippen LogP contribution in [0.4, 0.5) is 0 Å². The third-order valence-corrected chi connectivity index (χ3v) is 4.11. The van der Waals surface area contributed by atoms with E-state index in [1.165, 1.54) is 0 Å². The number of carbonyl (C=O) groups excluding carboxylic acids is 1. The maximum absolute atomic E-state index is 12.6. The maximum atomic E-state index is 12.6. The van der Waals surface area contributed by atoms with Gasteiger partial charge in [0, 0.05) is 24.2 Å². The average Bonchev–Trinajstić information content (AvgIpc) is 2.93. The van der Waals surface area contributed by atoms with Gasteiger partial charge in [0.25, 0.3) is 5.91 Å². The molecule has 21 heavy (non-hydrogen) atoms. The second kappa shape index (κ2) is 6.78. The fraction of sp³-hybridized carbons (Fsp3) is 0.500. The number of rotatable bonds is 2. The molecule has 1 aromatic carbocycles. The van der Waals surface area contributed by atoms with Crippen LogP contribution in [0.15, 0.2) is 18.2 Å². The normalized spacial score (nSPS) is 17.8. The monoisotopic (exact) mass is 284 g/mol. The second-order valence-electron chi connectivity index (χ2n) is 6.14. The van der Waals surface area contributed by atoms with E-state index in [-0.39, 0.29) is 5.91 Å². The van der Waals surface area contributed by atoms with Crippen LogP contribution in [0.2, 0.25) is 0 Å². The molecule has 1 aromatic rings. The summed E-state index contributed by atoms with van der Waals surface area (Å²) in [6, 6.07) is 5.81. The van der Waals surface area contributed by atoms with Crippen molar-refractivity contribution < 1.29 is 4.79 Å². The van der Waals surface area contributed by atoms with Crippen LogP contribution in [0, 0.1) is 30.6 Å². The zero-order valence-electron chi connectivity index (χ0n) is 13.1. The summed E-state index contributed by atoms with van der Waals surface area (Å²) in [4.78, 5) is 14.6. The van der Waals surface area contributed by atoms with Gasteiger partial charge in [0.2, 0.25) is 0 Å². The third kappa shape index (κ3) is 3.86. The molecule has 1 amide bonds. The maximum Gasteiger partial charge on any atom is 0.253 e. The molecule has 0 aromatic heterocycles. The Morgan fingerprint density at radius 1 is 1.43 bits per heavy atom. The van der Waals surface area contributed by atoms with Crippen LogP contribution < -0.4 is 5.73 Å². The molecular weight excluding hydrogens is 260 g/mol. The molecule has 2 rings (SSSR count). The van der Waals surface area contributed by atoms with Gasteiger partial charge in [-0.2, -0.15) is 0 Å². The number of hydrogen-bond acceptors (Lipinski definition) is 2. The van der Waals surface area contributed by atoms with Gasteiger partial charge in [-0.3, -0.25) is 4.79 Å². The van der Waals surface area contributed by atoms with Crippen LogP contribution in [-0.4, -0.2) is 30.4 Å². The number of benzene rings is 1. The minimum atomic E-state index is 0.123. The molecule has 0 aliphatic carbocycles. The molecule has 1 fully saturated rings. The van der Waals surface area contributed by atoms with Crippen molar-refractivity contribution in [3.05, 3.63) is 34.9 Å². The lowest BCUT2D eigenvalue weighted by Gasteiger charge is -2.18. The number of likely N-dealkylation sites (tertiary alicyclic amines) is 1. The standard InChI is InChI=1S/C18H24N2O/c1-13(2)16-6-8-20(12-16)18(21)17-10-14(3)9-15(11-17)5-4-7-19/h9-11,13,16H,6-8,12,19H2,1-3H3. The van der Waals surface area contributed by atoms with E-state index in [1.807, 2.05) is 30.0 Å². The molecule has 0 spiro atoms. The Labute approximate surface area is 127 Å². The summed E-state index contributed by atoms with van der Waals surface area (Å²) in [5.74, 6) is 7.23. The largest absolute Gasteiger partial charge is 0.338 e. The summed E-state index contributed by atoms with van der Waals surface area (Å²) in [7, 11) is 0. The molecule has 1 heterocycles. The van der Waals surface area contributed by atoms with E-state index < -0.39 is 0 Å². The predicted molar refractivity (Wildman–Crippen MR) is 86.0 cm³/mol. The summed E-state index contributed by atoms with van der Waals surface area (Å²) < 4.78 is 0. The van der Waals surface area contributed by atoms with Crippen molar-refractivity contribution in [2.24, 2.45) is 17.6 Å². The Kier molecular flexibility index (Phi) is 5.03. The van der Waals surface area contributed by atoms with Gasteiger partial charge in [-0.15, -0.1) is 0 Å². The first-order valence-corrected chi connectivity index (χ1v) is 7.61. The van der Waals surface area contributed by atoms with Crippen molar-refractivity contribution in [1.29, 1.82) is 0 Å². The molecule has 1 saturated heterocycles. The molecule has 1 unspecified atom stereocenters. The summed E-state index contributed by atoms with van der Waals surface area (Å²) in [5, 5.41) is 0. The van der Waals surface area contributed by atoms with E-state index >= 15 is 0 Å². The van der Waals surface area contributed by atoms with Crippen molar-refractivity contribution in [3.63, 3.8) is 0 Å². The molecule has 0 saturated carbocycles. The van der Waals surface area contributed by atoms with Gasteiger partial charge in [0.1, 0.15) is 0 Å². The lowest BCUT2D eigenvalue weighted by atomic mass is 9.95. The number of nitrogens with two attached hydrogens (primary N) is 1. The number of amides is 1. The predicted octanol–water partition coefficient (Wildman–Crippen LogP) is 2.42. The SMILES string of the molecule is Cc1cc(C#CCN)cc(C(=O)N2CCC(C(C)C)C2)c1. The van der Waals surface area contributed by atoms with Crippen LogP contribution in [0.5, 0.6) is 0 Å². The molecule has 3 heteroatoms. The summed E-state index contributed by atoms with van der Waals surface area (Å²) in [6.07, 6.45) is 1.11. The van der Waals surface area contributed by atoms with Gasteiger partial charge < -0.3 is 10.6 Å². The minimum absolute atomic E-state index is 0.123. The Bertz CT molecular complexity index is 581. The van der Waals surface area contributed by atoms with Crippen LogP contribution >= 0.6 is 0 Å². The lowest BCUT2D eigenvalue weighted by Crippen LogP contribution is -2.29. The molecule has 1 atom stereocenters. The van der Waals surface area contributed by atoms with Crippen LogP contribution in [0.3, 0.4) is 0 Å². The van der Waals surface area contributed by atoms with Gasteiger partial charge in [0.05, 0.1) is 6.54 Å². The molecule has 0 radical (unpaired) electrons. The van der Waals surface area contributed by atoms with Gasteiger partial charge in [-0.25, -0.2) is 0 Å². The number of hydrogen-bond donors (Lipinski definition) is 1. The highest BCUT2D eigenvalue weighted by Gasteiger charge is 2.28. The quantitative estimate of drug-likeness (QED) is 0.848. The van der Waals surface area contributed by atoms with Crippen molar-refractivity contribution in [2.75, 3.05) is 19.6 Å². The van der Waals surface area contributed by atoms with E-state index in [4.69, 9.17) is 5.73 Å². The van der Waals surface area contributed by atoms with Crippen LogP contribution in [0.1, 0.15) is 41.8 Å². The zero-order valence-corrected chi connectivity index (χ0v) is 13.1. The van der Waals surface area contributed by atoms with Gasteiger partial charge >= 0.3 is 0 Å². The fourth-order valence-electron chi connectivity index (χ4n) is 2.83. The van der Waals surface area contributed by atoms with Gasteiger partial charge in [-0.05, 0) is 48.9 Å². The number of carbonyl (C=O) groups is 1. The third-order valence-electron chi connectivity index (χ3n) is 4.11. The highest BCUT2D eigenvalue weighted by molar-refractivity contribution is 5.95. The Hall–Kier alpha value is -1.79. The lowest BCUT2D eigenvalue weighted by molar-refractivity contribution is 0.0784. The van der Waals surface area contributed by atoms with E-state index in [9.17, 15) is 4.79 Å². The summed E-state index contributed by atoms with van der Waals surface area (Å²) >= 11 is 0. The highest BCUT2D eigenvalue weighted by atomic mass is 16.2. The Morgan fingerprint density at radius 2 is 2.19 bits per heavy atom. The van der Waals surface area contributed by atoms with Crippen molar-refractivity contribution >= 4 is 5.91 Å². The molecule has 1 aliphatic heterocycles. The molecule has 2 N–H and O–H groups in total. The van der Waals surface area contributed by atoms with Crippen molar-refractivity contribution in [2.45, 2.75) is 27.2 Å². The van der Waals surface area contributed by atoms with Gasteiger partial charge in [-0.1, -0.05) is 25.7 Å². The first kappa shape index (κ1) is 15.6. The van der Waals surface area contributed by atoms with Gasteiger partial charge in [0.15, 0.2) is 0 Å². The van der Waals surface area contributed by atoms with Crippen molar-refractivity contribution in [3.8, 4) is 11.8 Å². The molecule has 0 bridgehead atoms. The van der Waals surface area contributed by atoms with E-state index in [2.05, 4.69) is 25.7 Å². The molecule has 112 valence electrons. The first-order valence-electron chi connectivity index (χ1n) is 7.61. The molecule has 1 aliphatic rings. The minimum Gasteiger partial charge on any atom is -0.338 e. The fourth-order valence-corrected chi connectivity index (χ4v) is 2.83. The second-order valence-corrected chi connectivity index (χ2v) is 6.14. The Morgan fingerprint density at radius 3 is 2.81 bits per heavy atom. The summed E-state index contributed by atoms with van der Waals surface area (Å²) in [5.41, 5.74) is 8.06. The highest BCUT2D eigenvalue weighted by Crippen LogP contribution is 2.25. The topological polar surface area (TPSA) is 46.3 Å². The molecule has 3 nitrogen and oxygen atoms in total. The Balaban J connectivity index is 2.18. The van der Waals surface area contributed by atoms with Crippen molar-refractivity contribution in [1.82, 2.24) is 4.90 Å². The van der Waals surface area contributed by atoms with E-state index in [0.717, 1.165) is 36.2 Å². The van der Waals surface area contributed by atoms with E-state index in [1.54, 1.807) is 0 Å².